The van der Waals surface area contributed by atoms with Crippen molar-refractivity contribution in [1.82, 2.24) is 4.57 Å². The second kappa shape index (κ2) is 6.19. The molecule has 0 spiro atoms. The van der Waals surface area contributed by atoms with Crippen molar-refractivity contribution in [2.75, 3.05) is 0 Å². The van der Waals surface area contributed by atoms with Crippen LogP contribution in [0, 0.1) is 6.92 Å². The summed E-state index contributed by atoms with van der Waals surface area (Å²) < 4.78 is 5.13. The molecule has 7 rings (SSSR count). The van der Waals surface area contributed by atoms with Gasteiger partial charge in [-0.15, -0.1) is 11.3 Å². The molecule has 2 heteroatoms. The van der Waals surface area contributed by atoms with Crippen molar-refractivity contribution < 1.29 is 0 Å². The highest BCUT2D eigenvalue weighted by Gasteiger charge is 2.15. The number of aromatic nitrogens is 1. The van der Waals surface area contributed by atoms with Crippen molar-refractivity contribution in [2.24, 2.45) is 0 Å². The Morgan fingerprint density at radius 2 is 1.42 bits per heavy atom. The molecule has 0 saturated heterocycles. The molecule has 7 aromatic rings. The summed E-state index contributed by atoms with van der Waals surface area (Å²) in [5, 5.41) is 7.92. The highest BCUT2D eigenvalue weighted by atomic mass is 32.1. The van der Waals surface area contributed by atoms with E-state index in [1.807, 2.05) is 11.3 Å². The zero-order valence-electron chi connectivity index (χ0n) is 17.1. The summed E-state index contributed by atoms with van der Waals surface area (Å²) in [5.41, 5.74) is 5.04. The second-order valence-corrected chi connectivity index (χ2v) is 9.40. The maximum atomic E-state index is 2.42. The number of thiophene rings is 1. The summed E-state index contributed by atoms with van der Waals surface area (Å²) >= 11 is 1.88. The molecule has 1 nitrogen and oxygen atoms in total. The number of para-hydroxylation sites is 1. The van der Waals surface area contributed by atoms with Gasteiger partial charge < -0.3 is 4.57 Å². The van der Waals surface area contributed by atoms with Crippen molar-refractivity contribution in [1.29, 1.82) is 0 Å². The molecule has 2 heterocycles. The molecule has 5 aromatic carbocycles. The van der Waals surface area contributed by atoms with Gasteiger partial charge in [0.05, 0.1) is 11.0 Å². The SMILES string of the molecule is Cc1ccc2c(c1)sc1ccc(-n3c4ccccc4c4c5ccccc5ccc43)cc12. The Morgan fingerprint density at radius 3 is 2.35 bits per heavy atom. The number of benzene rings is 5. The summed E-state index contributed by atoms with van der Waals surface area (Å²) in [4.78, 5) is 0. The Labute approximate surface area is 183 Å². The van der Waals surface area contributed by atoms with Crippen LogP contribution in [0.1, 0.15) is 5.56 Å². The number of fused-ring (bicyclic) bond motifs is 8. The van der Waals surface area contributed by atoms with Gasteiger partial charge in [-0.05, 0) is 59.7 Å². The van der Waals surface area contributed by atoms with Gasteiger partial charge in [0.25, 0.3) is 0 Å². The van der Waals surface area contributed by atoms with E-state index in [2.05, 4.69) is 109 Å². The molecule has 0 bridgehead atoms. The molecule has 0 amide bonds. The number of rotatable bonds is 1. The Hall–Kier alpha value is -3.62. The molecule has 0 aliphatic carbocycles. The summed E-state index contributed by atoms with van der Waals surface area (Å²) in [6.45, 7) is 2.16. The van der Waals surface area contributed by atoms with E-state index >= 15 is 0 Å². The molecule has 0 radical (unpaired) electrons. The average molecular weight is 414 g/mol. The van der Waals surface area contributed by atoms with E-state index in [9.17, 15) is 0 Å². The molecule has 0 aliphatic rings. The molecular formula is C29H19NS. The lowest BCUT2D eigenvalue weighted by Crippen LogP contribution is -1.93. The van der Waals surface area contributed by atoms with Crippen molar-refractivity contribution in [2.45, 2.75) is 6.92 Å². The van der Waals surface area contributed by atoms with E-state index in [1.54, 1.807) is 0 Å². The van der Waals surface area contributed by atoms with Crippen LogP contribution in [0.5, 0.6) is 0 Å². The number of aryl methyl sites for hydroxylation is 1. The van der Waals surface area contributed by atoms with Crippen LogP contribution in [0.4, 0.5) is 0 Å². The maximum Gasteiger partial charge on any atom is 0.0547 e. The lowest BCUT2D eigenvalue weighted by molar-refractivity contribution is 1.19. The first-order valence-corrected chi connectivity index (χ1v) is 11.4. The molecule has 0 fully saturated rings. The van der Waals surface area contributed by atoms with Crippen molar-refractivity contribution in [3.63, 3.8) is 0 Å². The Bertz CT molecular complexity index is 1800. The average Bonchev–Trinajstić information content (AvgIpc) is 3.33. The summed E-state index contributed by atoms with van der Waals surface area (Å²) in [6, 6.07) is 35.7. The van der Waals surface area contributed by atoms with E-state index in [0.717, 1.165) is 0 Å². The van der Waals surface area contributed by atoms with E-state index in [4.69, 9.17) is 0 Å². The summed E-state index contributed by atoms with van der Waals surface area (Å²) in [7, 11) is 0. The molecule has 0 atom stereocenters. The minimum atomic E-state index is 1.22. The smallest absolute Gasteiger partial charge is 0.0547 e. The van der Waals surface area contributed by atoms with Gasteiger partial charge in [-0.3, -0.25) is 0 Å². The van der Waals surface area contributed by atoms with Crippen LogP contribution in [0.25, 0.3) is 58.4 Å². The van der Waals surface area contributed by atoms with Crippen LogP contribution in [-0.4, -0.2) is 4.57 Å². The predicted octanol–water partition coefficient (Wildman–Crippen LogP) is 8.61. The zero-order valence-corrected chi connectivity index (χ0v) is 17.9. The summed E-state index contributed by atoms with van der Waals surface area (Å²) in [5.74, 6) is 0. The van der Waals surface area contributed by atoms with Crippen LogP contribution < -0.4 is 0 Å². The lowest BCUT2D eigenvalue weighted by atomic mass is 10.0. The topological polar surface area (TPSA) is 4.93 Å². The van der Waals surface area contributed by atoms with Gasteiger partial charge in [-0.25, -0.2) is 0 Å². The quantitative estimate of drug-likeness (QED) is 0.254. The minimum absolute atomic E-state index is 1.22. The van der Waals surface area contributed by atoms with E-state index < -0.39 is 0 Å². The Balaban J connectivity index is 1.62. The number of hydrogen-bond acceptors (Lipinski definition) is 1. The Kier molecular flexibility index (Phi) is 3.42. The molecule has 0 aliphatic heterocycles. The normalized spacial score (nSPS) is 12.0. The van der Waals surface area contributed by atoms with Gasteiger partial charge >= 0.3 is 0 Å². The fraction of sp³-hybridized carbons (Fsp3) is 0.0345. The molecule has 2 aromatic heterocycles. The highest BCUT2D eigenvalue weighted by molar-refractivity contribution is 7.25. The molecule has 31 heavy (non-hydrogen) atoms. The van der Waals surface area contributed by atoms with Gasteiger partial charge in [0.2, 0.25) is 0 Å². The zero-order chi connectivity index (χ0) is 20.5. The first-order valence-electron chi connectivity index (χ1n) is 10.6. The van der Waals surface area contributed by atoms with Crippen LogP contribution in [0.15, 0.2) is 97.1 Å². The monoisotopic (exact) mass is 413 g/mol. The van der Waals surface area contributed by atoms with Gasteiger partial charge in [0.15, 0.2) is 0 Å². The summed E-state index contributed by atoms with van der Waals surface area (Å²) in [6.07, 6.45) is 0. The third-order valence-corrected chi connectivity index (χ3v) is 7.56. The molecule has 0 saturated carbocycles. The first-order chi connectivity index (χ1) is 15.3. The fourth-order valence-corrected chi connectivity index (χ4v) is 6.21. The van der Waals surface area contributed by atoms with E-state index in [-0.39, 0.29) is 0 Å². The van der Waals surface area contributed by atoms with Crippen LogP contribution in [-0.2, 0) is 0 Å². The van der Waals surface area contributed by atoms with Gasteiger partial charge in [-0.2, -0.15) is 0 Å². The van der Waals surface area contributed by atoms with Crippen LogP contribution in [0.2, 0.25) is 0 Å². The van der Waals surface area contributed by atoms with E-state index in [1.165, 1.54) is 64.0 Å². The number of nitrogens with zero attached hydrogens (tertiary/aromatic N) is 1. The molecular weight excluding hydrogens is 394 g/mol. The fourth-order valence-electron chi connectivity index (χ4n) is 5.03. The van der Waals surface area contributed by atoms with Crippen LogP contribution in [0.3, 0.4) is 0 Å². The lowest BCUT2D eigenvalue weighted by Gasteiger charge is -2.09. The van der Waals surface area contributed by atoms with Crippen LogP contribution >= 0.6 is 11.3 Å². The largest absolute Gasteiger partial charge is 0.309 e. The predicted molar refractivity (Wildman–Crippen MR) is 136 cm³/mol. The molecule has 146 valence electrons. The van der Waals surface area contributed by atoms with Crippen molar-refractivity contribution in [3.05, 3.63) is 103 Å². The third kappa shape index (κ3) is 2.37. The van der Waals surface area contributed by atoms with Gasteiger partial charge in [0, 0.05) is 36.6 Å². The molecule has 0 N–H and O–H groups in total. The standard InChI is InChI=1S/C29H19NS/c1-18-10-13-22-24-17-20(12-15-27(24)31-28(22)16-18)30-25-9-5-4-8-23(25)29-21-7-3-2-6-19(21)11-14-26(29)30/h2-17H,1H3. The van der Waals surface area contributed by atoms with Crippen molar-refractivity contribution >= 4 is 64.1 Å². The first kappa shape index (κ1) is 17.1. The minimum Gasteiger partial charge on any atom is -0.309 e. The highest BCUT2D eigenvalue weighted by Crippen LogP contribution is 2.39. The maximum absolute atomic E-state index is 2.42. The van der Waals surface area contributed by atoms with Gasteiger partial charge in [0.1, 0.15) is 0 Å². The molecule has 0 unspecified atom stereocenters. The van der Waals surface area contributed by atoms with Gasteiger partial charge in [-0.1, -0.05) is 60.7 Å². The van der Waals surface area contributed by atoms with Crippen molar-refractivity contribution in [3.8, 4) is 5.69 Å². The number of hydrogen-bond donors (Lipinski definition) is 0. The second-order valence-electron chi connectivity index (χ2n) is 8.32. The Morgan fingerprint density at radius 1 is 0.581 bits per heavy atom. The van der Waals surface area contributed by atoms with E-state index in [0.29, 0.717) is 0 Å². The third-order valence-electron chi connectivity index (χ3n) is 6.43.